The number of aliphatic hydroxyl groups excluding tert-OH is 1. The van der Waals surface area contributed by atoms with Crippen molar-refractivity contribution in [1.82, 2.24) is 0 Å². The fourth-order valence-electron chi connectivity index (χ4n) is 4.61. The van der Waals surface area contributed by atoms with Gasteiger partial charge in [-0.25, -0.2) is 14.4 Å². The highest BCUT2D eigenvalue weighted by Gasteiger charge is 2.27. The van der Waals surface area contributed by atoms with Crippen LogP contribution in [0.25, 0.3) is 11.1 Å². The molecule has 0 saturated heterocycles. The Bertz CT molecular complexity index is 1540. The summed E-state index contributed by atoms with van der Waals surface area (Å²) in [6, 6.07) is 18.2. The molecule has 1 N–H and O–H groups in total. The number of carbonyl (C=O) groups excluding carboxylic acids is 3. The molecular formula is C35H36O9. The lowest BCUT2D eigenvalue weighted by molar-refractivity contribution is -0.140. The minimum Gasteiger partial charge on any atom is -0.494 e. The summed E-state index contributed by atoms with van der Waals surface area (Å²) in [5.74, 6) is 0.275. The van der Waals surface area contributed by atoms with Gasteiger partial charge in [0, 0.05) is 11.5 Å². The molecule has 9 heteroatoms. The molecule has 0 amide bonds. The molecule has 0 radical (unpaired) electrons. The van der Waals surface area contributed by atoms with Crippen LogP contribution >= 0.6 is 0 Å². The third kappa shape index (κ3) is 8.14. The van der Waals surface area contributed by atoms with Gasteiger partial charge in [0.1, 0.15) is 30.5 Å². The summed E-state index contributed by atoms with van der Waals surface area (Å²) in [7, 11) is 0. The first-order chi connectivity index (χ1) is 21.2. The first-order valence-electron chi connectivity index (χ1n) is 14.3. The predicted molar refractivity (Wildman–Crippen MR) is 164 cm³/mol. The van der Waals surface area contributed by atoms with Gasteiger partial charge in [0.25, 0.3) is 0 Å². The van der Waals surface area contributed by atoms with E-state index in [-0.39, 0.29) is 31.3 Å². The summed E-state index contributed by atoms with van der Waals surface area (Å²) in [5.41, 5.74) is 5.08. The van der Waals surface area contributed by atoms with Crippen molar-refractivity contribution in [2.24, 2.45) is 0 Å². The van der Waals surface area contributed by atoms with Gasteiger partial charge in [0.15, 0.2) is 0 Å². The van der Waals surface area contributed by atoms with E-state index in [0.717, 1.165) is 22.3 Å². The number of fused-ring (bicyclic) bond motifs is 3. The average molecular weight is 601 g/mol. The second-order valence-electron chi connectivity index (χ2n) is 10.4. The normalized spacial score (nSPS) is 12.8. The monoisotopic (exact) mass is 600 g/mol. The molecule has 0 heterocycles. The van der Waals surface area contributed by atoms with Crippen LogP contribution in [-0.2, 0) is 19.1 Å². The van der Waals surface area contributed by atoms with Crippen LogP contribution in [0.4, 0.5) is 0 Å². The molecule has 230 valence electrons. The Morgan fingerprint density at radius 2 is 1.30 bits per heavy atom. The van der Waals surface area contributed by atoms with Crippen LogP contribution in [0.1, 0.15) is 54.1 Å². The van der Waals surface area contributed by atoms with Crippen LogP contribution in [0.5, 0.6) is 17.2 Å². The predicted octanol–water partition coefficient (Wildman–Crippen LogP) is 5.79. The number of unbranched alkanes of at least 4 members (excludes halogenated alkanes) is 1. The molecule has 1 aliphatic carbocycles. The zero-order valence-corrected chi connectivity index (χ0v) is 24.9. The first kappa shape index (κ1) is 32.0. The molecule has 44 heavy (non-hydrogen) atoms. The summed E-state index contributed by atoms with van der Waals surface area (Å²) in [4.78, 5) is 35.8. The van der Waals surface area contributed by atoms with Crippen molar-refractivity contribution in [3.8, 4) is 28.4 Å². The molecule has 1 aliphatic rings. The highest BCUT2D eigenvalue weighted by Crippen LogP contribution is 2.47. The van der Waals surface area contributed by atoms with Crippen LogP contribution in [0, 0.1) is 0 Å². The van der Waals surface area contributed by atoms with Crippen molar-refractivity contribution < 1.29 is 43.2 Å². The minimum absolute atomic E-state index is 0.0233. The summed E-state index contributed by atoms with van der Waals surface area (Å²) in [5, 5.41) is 8.86. The summed E-state index contributed by atoms with van der Waals surface area (Å²) in [6.07, 6.45) is 1.26. The van der Waals surface area contributed by atoms with Crippen molar-refractivity contribution in [3.63, 3.8) is 0 Å². The lowest BCUT2D eigenvalue weighted by Gasteiger charge is -2.11. The molecule has 9 nitrogen and oxygen atoms in total. The Kier molecular flexibility index (Phi) is 10.9. The standard InChI is InChI=1S/C35H36O9/c1-22(2)33(37)43-18-17-41-27-11-13-29-30-14-12-28(20-32(30)24(4)31(29)19-27)44-35(39)25-7-9-26(10-8-25)40-15-5-6-16-42-34(38)23(3)21-36/h7-14,19-20,24,36H,1,3,5-6,15-18,21H2,2,4H3. The fraction of sp³-hybridized carbons (Fsp3) is 0.286. The highest BCUT2D eigenvalue weighted by atomic mass is 16.6. The molecule has 0 fully saturated rings. The molecular weight excluding hydrogens is 564 g/mol. The van der Waals surface area contributed by atoms with Gasteiger partial charge in [-0.05, 0) is 90.6 Å². The fourth-order valence-corrected chi connectivity index (χ4v) is 4.61. The Labute approximate surface area is 256 Å². The zero-order chi connectivity index (χ0) is 31.6. The van der Waals surface area contributed by atoms with Crippen molar-refractivity contribution >= 4 is 17.9 Å². The maximum absolute atomic E-state index is 12.9. The van der Waals surface area contributed by atoms with Gasteiger partial charge in [-0.3, -0.25) is 0 Å². The van der Waals surface area contributed by atoms with Gasteiger partial charge in [0.05, 0.1) is 31.0 Å². The third-order valence-corrected chi connectivity index (χ3v) is 7.02. The van der Waals surface area contributed by atoms with E-state index in [1.165, 1.54) is 0 Å². The summed E-state index contributed by atoms with van der Waals surface area (Å²) in [6.45, 7) is 11.2. The Balaban J connectivity index is 1.26. The Morgan fingerprint density at radius 1 is 0.727 bits per heavy atom. The Morgan fingerprint density at radius 3 is 1.95 bits per heavy atom. The van der Waals surface area contributed by atoms with Crippen molar-refractivity contribution in [2.45, 2.75) is 32.6 Å². The van der Waals surface area contributed by atoms with Gasteiger partial charge in [0.2, 0.25) is 0 Å². The topological polar surface area (TPSA) is 118 Å². The maximum Gasteiger partial charge on any atom is 0.343 e. The van der Waals surface area contributed by atoms with E-state index in [0.29, 0.717) is 47.8 Å². The van der Waals surface area contributed by atoms with Gasteiger partial charge in [-0.2, -0.15) is 0 Å². The SMILES string of the molecule is C=C(C)C(=O)OCCOc1ccc2c(c1)C(C)c1cc(OC(=O)c3ccc(OCCCCOC(=O)C(=C)CO)cc3)ccc1-2. The lowest BCUT2D eigenvalue weighted by atomic mass is 9.99. The van der Waals surface area contributed by atoms with Crippen LogP contribution in [0.3, 0.4) is 0 Å². The van der Waals surface area contributed by atoms with Crippen molar-refractivity contribution in [1.29, 1.82) is 0 Å². The van der Waals surface area contributed by atoms with Crippen LogP contribution in [0.2, 0.25) is 0 Å². The van der Waals surface area contributed by atoms with E-state index in [2.05, 4.69) is 20.1 Å². The number of hydrogen-bond donors (Lipinski definition) is 1. The van der Waals surface area contributed by atoms with E-state index in [9.17, 15) is 14.4 Å². The molecule has 1 atom stereocenters. The third-order valence-electron chi connectivity index (χ3n) is 7.02. The average Bonchev–Trinajstić information content (AvgIpc) is 3.30. The molecule has 1 unspecified atom stereocenters. The van der Waals surface area contributed by atoms with Crippen LogP contribution < -0.4 is 14.2 Å². The number of rotatable bonds is 15. The van der Waals surface area contributed by atoms with E-state index >= 15 is 0 Å². The molecule has 0 saturated carbocycles. The number of ether oxygens (including phenoxy) is 5. The number of hydrogen-bond acceptors (Lipinski definition) is 9. The van der Waals surface area contributed by atoms with E-state index < -0.39 is 24.5 Å². The smallest absolute Gasteiger partial charge is 0.343 e. The van der Waals surface area contributed by atoms with Gasteiger partial charge >= 0.3 is 17.9 Å². The molecule has 0 aromatic heterocycles. The summed E-state index contributed by atoms with van der Waals surface area (Å²) < 4.78 is 27.3. The molecule has 0 bridgehead atoms. The highest BCUT2D eigenvalue weighted by molar-refractivity contribution is 5.91. The van der Waals surface area contributed by atoms with Crippen molar-refractivity contribution in [3.05, 3.63) is 102 Å². The van der Waals surface area contributed by atoms with Gasteiger partial charge < -0.3 is 28.8 Å². The maximum atomic E-state index is 12.9. The molecule has 0 spiro atoms. The van der Waals surface area contributed by atoms with E-state index in [1.54, 1.807) is 37.3 Å². The number of benzene rings is 3. The molecule has 3 aromatic rings. The number of esters is 3. The zero-order valence-electron chi connectivity index (χ0n) is 24.9. The Hall–Kier alpha value is -4.89. The number of carbonyl (C=O) groups is 3. The lowest BCUT2D eigenvalue weighted by Crippen LogP contribution is -2.12. The largest absolute Gasteiger partial charge is 0.494 e. The number of aliphatic hydroxyl groups is 1. The first-order valence-corrected chi connectivity index (χ1v) is 14.3. The van der Waals surface area contributed by atoms with E-state index in [4.69, 9.17) is 28.8 Å². The second-order valence-corrected chi connectivity index (χ2v) is 10.4. The second kappa shape index (κ2) is 15.0. The van der Waals surface area contributed by atoms with Crippen LogP contribution in [0.15, 0.2) is 85.0 Å². The van der Waals surface area contributed by atoms with Gasteiger partial charge in [-0.15, -0.1) is 0 Å². The molecule has 3 aromatic carbocycles. The van der Waals surface area contributed by atoms with E-state index in [1.807, 2.05) is 30.3 Å². The quantitative estimate of drug-likeness (QED) is 0.100. The minimum atomic E-state index is -0.604. The molecule has 4 rings (SSSR count). The summed E-state index contributed by atoms with van der Waals surface area (Å²) >= 11 is 0. The molecule has 0 aliphatic heterocycles. The van der Waals surface area contributed by atoms with Crippen molar-refractivity contribution in [2.75, 3.05) is 33.0 Å². The van der Waals surface area contributed by atoms with Crippen LogP contribution in [-0.4, -0.2) is 56.0 Å². The van der Waals surface area contributed by atoms with Gasteiger partial charge in [-0.1, -0.05) is 32.2 Å².